The molecule has 0 radical (unpaired) electrons. The fourth-order valence-electron chi connectivity index (χ4n) is 2.40. The van der Waals surface area contributed by atoms with Gasteiger partial charge in [-0.1, -0.05) is 25.8 Å². The van der Waals surface area contributed by atoms with Crippen molar-refractivity contribution in [3.63, 3.8) is 0 Å². The molecule has 1 atom stereocenters. The largest absolute Gasteiger partial charge is 0.347 e. The van der Waals surface area contributed by atoms with E-state index < -0.39 is 5.54 Å². The smallest absolute Gasteiger partial charge is 0.240 e. The Morgan fingerprint density at radius 1 is 1.59 bits per heavy atom. The van der Waals surface area contributed by atoms with E-state index in [0.717, 1.165) is 32.1 Å². The summed E-state index contributed by atoms with van der Waals surface area (Å²) in [6.07, 6.45) is 4.68. The summed E-state index contributed by atoms with van der Waals surface area (Å²) in [5.41, 5.74) is 5.53. The second-order valence-corrected chi connectivity index (χ2v) is 5.79. The lowest BCUT2D eigenvalue weighted by Crippen LogP contribution is -2.52. The maximum absolute atomic E-state index is 12.2. The minimum Gasteiger partial charge on any atom is -0.347 e. The highest BCUT2D eigenvalue weighted by molar-refractivity contribution is 7.10. The number of carbonyl (C=O) groups is 1. The van der Waals surface area contributed by atoms with Gasteiger partial charge in [0.25, 0.3) is 0 Å². The Kier molecular flexibility index (Phi) is 3.84. The van der Waals surface area contributed by atoms with Crippen LogP contribution in [0.25, 0.3) is 0 Å². The Balaban J connectivity index is 2.02. The van der Waals surface area contributed by atoms with Gasteiger partial charge in [0, 0.05) is 4.88 Å². The molecule has 1 unspecified atom stereocenters. The van der Waals surface area contributed by atoms with Crippen LogP contribution in [0, 0.1) is 0 Å². The Morgan fingerprint density at radius 3 is 2.82 bits per heavy atom. The predicted molar refractivity (Wildman–Crippen MR) is 70.9 cm³/mol. The first-order valence-electron chi connectivity index (χ1n) is 6.29. The van der Waals surface area contributed by atoms with Crippen LogP contribution < -0.4 is 11.1 Å². The third-order valence-corrected chi connectivity index (χ3v) is 4.53. The molecule has 1 aliphatic carbocycles. The summed E-state index contributed by atoms with van der Waals surface area (Å²) in [7, 11) is 0. The maximum Gasteiger partial charge on any atom is 0.240 e. The molecular weight excluding hydrogens is 232 g/mol. The highest BCUT2D eigenvalue weighted by Crippen LogP contribution is 2.29. The zero-order valence-corrected chi connectivity index (χ0v) is 11.1. The van der Waals surface area contributed by atoms with Gasteiger partial charge in [-0.25, -0.2) is 0 Å². The molecule has 1 heterocycles. The van der Waals surface area contributed by atoms with Crippen molar-refractivity contribution in [2.45, 2.75) is 50.6 Å². The Hall–Kier alpha value is -0.870. The van der Waals surface area contributed by atoms with Gasteiger partial charge < -0.3 is 11.1 Å². The monoisotopic (exact) mass is 252 g/mol. The minimum atomic E-state index is -0.620. The van der Waals surface area contributed by atoms with Gasteiger partial charge in [0.1, 0.15) is 0 Å². The molecule has 94 valence electrons. The first-order chi connectivity index (χ1) is 8.15. The molecule has 1 saturated carbocycles. The average Bonchev–Trinajstić information content (AvgIpc) is 2.97. The number of nitrogens with one attached hydrogen (secondary N) is 1. The fraction of sp³-hybridized carbons (Fsp3) is 0.615. The fourth-order valence-corrected chi connectivity index (χ4v) is 3.26. The van der Waals surface area contributed by atoms with Crippen molar-refractivity contribution < 1.29 is 4.79 Å². The van der Waals surface area contributed by atoms with E-state index in [9.17, 15) is 4.79 Å². The number of carbonyl (C=O) groups excluding carboxylic acids is 1. The summed E-state index contributed by atoms with van der Waals surface area (Å²) in [5, 5.41) is 5.14. The van der Waals surface area contributed by atoms with Crippen molar-refractivity contribution in [3.05, 3.63) is 22.4 Å². The topological polar surface area (TPSA) is 55.1 Å². The molecule has 3 N–H and O–H groups in total. The van der Waals surface area contributed by atoms with E-state index in [1.54, 1.807) is 11.3 Å². The molecule has 1 amide bonds. The van der Waals surface area contributed by atoms with Crippen LogP contribution in [-0.2, 0) is 4.79 Å². The molecule has 0 spiro atoms. The zero-order valence-electron chi connectivity index (χ0n) is 10.2. The van der Waals surface area contributed by atoms with Gasteiger partial charge in [-0.3, -0.25) is 4.79 Å². The van der Waals surface area contributed by atoms with Gasteiger partial charge >= 0.3 is 0 Å². The Bertz CT molecular complexity index is 369. The second kappa shape index (κ2) is 5.19. The van der Waals surface area contributed by atoms with E-state index in [1.807, 2.05) is 11.4 Å². The molecule has 0 aliphatic heterocycles. The summed E-state index contributed by atoms with van der Waals surface area (Å²) >= 11 is 1.68. The highest BCUT2D eigenvalue weighted by atomic mass is 32.1. The van der Waals surface area contributed by atoms with Crippen molar-refractivity contribution in [1.82, 2.24) is 5.32 Å². The van der Waals surface area contributed by atoms with E-state index in [0.29, 0.717) is 0 Å². The van der Waals surface area contributed by atoms with Crippen molar-refractivity contribution >= 4 is 17.2 Å². The van der Waals surface area contributed by atoms with E-state index in [1.165, 1.54) is 4.88 Å². The number of hydrogen-bond donors (Lipinski definition) is 2. The van der Waals surface area contributed by atoms with Crippen molar-refractivity contribution in [1.29, 1.82) is 0 Å². The van der Waals surface area contributed by atoms with Crippen LogP contribution in [0.1, 0.15) is 49.9 Å². The van der Waals surface area contributed by atoms with Crippen molar-refractivity contribution in [2.75, 3.05) is 0 Å². The number of thiophene rings is 1. The summed E-state index contributed by atoms with van der Waals surface area (Å²) < 4.78 is 0. The lowest BCUT2D eigenvalue weighted by atomic mass is 9.97. The summed E-state index contributed by atoms with van der Waals surface area (Å²) in [6, 6.07) is 4.20. The maximum atomic E-state index is 12.2. The summed E-state index contributed by atoms with van der Waals surface area (Å²) in [6.45, 7) is 2.09. The molecule has 3 nitrogen and oxygen atoms in total. The lowest BCUT2D eigenvalue weighted by Gasteiger charge is -2.25. The predicted octanol–water partition coefficient (Wildman–Crippen LogP) is 2.59. The SMILES string of the molecule is CCC(NC(=O)C1(N)CCCC1)c1cccs1. The molecule has 0 saturated heterocycles. The highest BCUT2D eigenvalue weighted by Gasteiger charge is 2.37. The first kappa shape index (κ1) is 12.6. The number of nitrogens with two attached hydrogens (primary N) is 1. The van der Waals surface area contributed by atoms with Crippen LogP contribution >= 0.6 is 11.3 Å². The van der Waals surface area contributed by atoms with Gasteiger partial charge in [0.2, 0.25) is 5.91 Å². The molecule has 1 aromatic heterocycles. The van der Waals surface area contributed by atoms with E-state index in [4.69, 9.17) is 5.73 Å². The lowest BCUT2D eigenvalue weighted by molar-refractivity contribution is -0.127. The van der Waals surface area contributed by atoms with E-state index in [2.05, 4.69) is 18.3 Å². The molecule has 1 aliphatic rings. The molecule has 1 fully saturated rings. The quantitative estimate of drug-likeness (QED) is 0.865. The van der Waals surface area contributed by atoms with Crippen LogP contribution in [-0.4, -0.2) is 11.4 Å². The number of hydrogen-bond acceptors (Lipinski definition) is 3. The van der Waals surface area contributed by atoms with E-state index >= 15 is 0 Å². The van der Waals surface area contributed by atoms with Crippen LogP contribution in [0.3, 0.4) is 0 Å². The van der Waals surface area contributed by atoms with Crippen LogP contribution in [0.4, 0.5) is 0 Å². The van der Waals surface area contributed by atoms with Gasteiger partial charge in [0.05, 0.1) is 11.6 Å². The molecule has 1 aromatic rings. The van der Waals surface area contributed by atoms with Gasteiger partial charge in [-0.15, -0.1) is 11.3 Å². The Labute approximate surface area is 106 Å². The number of rotatable bonds is 4. The normalized spacial score (nSPS) is 20.1. The molecule has 0 bridgehead atoms. The standard InChI is InChI=1S/C13H20N2OS/c1-2-10(11-6-5-9-17-11)15-12(16)13(14)7-3-4-8-13/h5-6,9-10H,2-4,7-8,14H2,1H3,(H,15,16). The van der Waals surface area contributed by atoms with Crippen molar-refractivity contribution in [2.24, 2.45) is 5.73 Å². The third-order valence-electron chi connectivity index (χ3n) is 3.55. The average molecular weight is 252 g/mol. The number of amides is 1. The molecule has 17 heavy (non-hydrogen) atoms. The van der Waals surface area contributed by atoms with Gasteiger partial charge in [-0.05, 0) is 30.7 Å². The molecule has 4 heteroatoms. The summed E-state index contributed by atoms with van der Waals surface area (Å²) in [4.78, 5) is 13.4. The van der Waals surface area contributed by atoms with Gasteiger partial charge in [-0.2, -0.15) is 0 Å². The molecular formula is C13H20N2OS. The van der Waals surface area contributed by atoms with Crippen LogP contribution in [0.2, 0.25) is 0 Å². The third kappa shape index (κ3) is 2.69. The molecule has 2 rings (SSSR count). The minimum absolute atomic E-state index is 0.0234. The Morgan fingerprint density at radius 2 is 2.29 bits per heavy atom. The summed E-state index contributed by atoms with van der Waals surface area (Å²) in [5.74, 6) is 0.0234. The van der Waals surface area contributed by atoms with E-state index in [-0.39, 0.29) is 11.9 Å². The van der Waals surface area contributed by atoms with Crippen LogP contribution in [0.5, 0.6) is 0 Å². The molecule has 0 aromatic carbocycles. The zero-order chi connectivity index (χ0) is 12.3. The first-order valence-corrected chi connectivity index (χ1v) is 7.17. The van der Waals surface area contributed by atoms with Crippen LogP contribution in [0.15, 0.2) is 17.5 Å². The van der Waals surface area contributed by atoms with Gasteiger partial charge in [0.15, 0.2) is 0 Å². The second-order valence-electron chi connectivity index (χ2n) is 4.81. The van der Waals surface area contributed by atoms with Crippen molar-refractivity contribution in [3.8, 4) is 0 Å².